The number of rotatable bonds is 4. The van der Waals surface area contributed by atoms with Gasteiger partial charge >= 0.3 is 5.97 Å². The smallest absolute Gasteiger partial charge is 0.308 e. The fourth-order valence-electron chi connectivity index (χ4n) is 2.43. The molecule has 0 spiro atoms. The van der Waals surface area contributed by atoms with E-state index < -0.39 is 11.9 Å². The van der Waals surface area contributed by atoms with Crippen molar-refractivity contribution in [3.63, 3.8) is 0 Å². The quantitative estimate of drug-likeness (QED) is 0.884. The molecule has 0 aliphatic carbocycles. The Kier molecular flexibility index (Phi) is 3.86. The molecule has 2 N–H and O–H groups in total. The molecule has 2 aromatic carbocycles. The Hall–Kier alpha value is -1.87. The first-order valence-corrected chi connectivity index (χ1v) is 6.43. The fourth-order valence-corrected chi connectivity index (χ4v) is 2.43. The summed E-state index contributed by atoms with van der Waals surface area (Å²) in [6, 6.07) is 12.2. The van der Waals surface area contributed by atoms with Crippen molar-refractivity contribution in [1.82, 2.24) is 5.32 Å². The molecule has 0 saturated heterocycles. The largest absolute Gasteiger partial charge is 0.481 e. The van der Waals surface area contributed by atoms with Gasteiger partial charge in [-0.3, -0.25) is 4.79 Å². The van der Waals surface area contributed by atoms with Crippen LogP contribution in [-0.4, -0.2) is 18.1 Å². The second-order valence-corrected chi connectivity index (χ2v) is 5.00. The zero-order valence-electron chi connectivity index (χ0n) is 11.5. The molecule has 0 fully saturated rings. The summed E-state index contributed by atoms with van der Waals surface area (Å²) in [6.07, 6.45) is 0. The van der Waals surface area contributed by atoms with Crippen LogP contribution in [0.4, 0.5) is 0 Å². The van der Waals surface area contributed by atoms with Gasteiger partial charge in [-0.1, -0.05) is 42.8 Å². The third-order valence-corrected chi connectivity index (χ3v) is 3.58. The molecule has 0 saturated carbocycles. The third-order valence-electron chi connectivity index (χ3n) is 3.58. The normalized spacial score (nSPS) is 14.3. The minimum Gasteiger partial charge on any atom is -0.481 e. The van der Waals surface area contributed by atoms with E-state index in [1.54, 1.807) is 14.0 Å². The molecule has 100 valence electrons. The first-order chi connectivity index (χ1) is 9.02. The first kappa shape index (κ1) is 13.6. The molecule has 0 heterocycles. The van der Waals surface area contributed by atoms with E-state index in [0.717, 1.165) is 10.9 Å². The van der Waals surface area contributed by atoms with E-state index in [1.165, 1.54) is 10.9 Å². The number of nitrogens with one attached hydrogen (secondary N) is 1. The molecule has 2 aromatic rings. The van der Waals surface area contributed by atoms with Gasteiger partial charge in [0.2, 0.25) is 0 Å². The lowest BCUT2D eigenvalue weighted by Gasteiger charge is -2.21. The van der Waals surface area contributed by atoms with Crippen molar-refractivity contribution in [2.24, 2.45) is 5.92 Å². The molecular weight excluding hydrogens is 238 g/mol. The third kappa shape index (κ3) is 2.76. The highest BCUT2D eigenvalue weighted by atomic mass is 16.4. The molecule has 0 aromatic heterocycles. The number of hydrogen-bond donors (Lipinski definition) is 2. The van der Waals surface area contributed by atoms with E-state index in [-0.39, 0.29) is 6.04 Å². The van der Waals surface area contributed by atoms with E-state index in [9.17, 15) is 4.79 Å². The summed E-state index contributed by atoms with van der Waals surface area (Å²) in [4.78, 5) is 11.1. The Labute approximate surface area is 113 Å². The van der Waals surface area contributed by atoms with Crippen LogP contribution in [-0.2, 0) is 4.79 Å². The van der Waals surface area contributed by atoms with E-state index in [1.807, 2.05) is 6.07 Å². The molecule has 2 unspecified atom stereocenters. The van der Waals surface area contributed by atoms with Crippen LogP contribution in [0.15, 0.2) is 36.4 Å². The van der Waals surface area contributed by atoms with Crippen molar-refractivity contribution < 1.29 is 9.90 Å². The van der Waals surface area contributed by atoms with E-state index in [0.29, 0.717) is 0 Å². The standard InChI is InChI=1S/C16H19NO2/c1-10-4-5-13-9-14(7-6-12(13)8-10)15(17-3)11(2)16(18)19/h4-9,11,15,17H,1-3H3,(H,18,19). The SMILES string of the molecule is CNC(c1ccc2cc(C)ccc2c1)C(C)C(=O)O. The summed E-state index contributed by atoms with van der Waals surface area (Å²) in [6.45, 7) is 3.79. The second kappa shape index (κ2) is 5.41. The number of aliphatic carboxylic acids is 1. The van der Waals surface area contributed by atoms with E-state index in [4.69, 9.17) is 5.11 Å². The Morgan fingerprint density at radius 1 is 1.16 bits per heavy atom. The monoisotopic (exact) mass is 257 g/mol. The number of carboxylic acid groups (broad SMARTS) is 1. The average molecular weight is 257 g/mol. The number of aryl methyl sites for hydroxylation is 1. The Bertz CT molecular complexity index is 607. The van der Waals surface area contributed by atoms with Crippen molar-refractivity contribution in [2.45, 2.75) is 19.9 Å². The highest BCUT2D eigenvalue weighted by Crippen LogP contribution is 2.26. The van der Waals surface area contributed by atoms with Crippen molar-refractivity contribution in [3.8, 4) is 0 Å². The Morgan fingerprint density at radius 3 is 2.42 bits per heavy atom. The number of carbonyl (C=O) groups is 1. The molecule has 0 aliphatic rings. The van der Waals surface area contributed by atoms with Crippen molar-refractivity contribution >= 4 is 16.7 Å². The highest BCUT2D eigenvalue weighted by Gasteiger charge is 2.23. The van der Waals surface area contributed by atoms with Crippen LogP contribution < -0.4 is 5.32 Å². The number of hydrogen-bond acceptors (Lipinski definition) is 2. The summed E-state index contributed by atoms with van der Waals surface area (Å²) in [5.41, 5.74) is 2.23. The van der Waals surface area contributed by atoms with Gasteiger partial charge in [0.15, 0.2) is 0 Å². The average Bonchev–Trinajstić information content (AvgIpc) is 2.39. The minimum atomic E-state index is -0.789. The van der Waals surface area contributed by atoms with Crippen molar-refractivity contribution in [2.75, 3.05) is 7.05 Å². The van der Waals surface area contributed by atoms with Gasteiger partial charge in [0, 0.05) is 6.04 Å². The fraction of sp³-hybridized carbons (Fsp3) is 0.312. The van der Waals surface area contributed by atoms with Gasteiger partial charge in [-0.2, -0.15) is 0 Å². The van der Waals surface area contributed by atoms with Gasteiger partial charge in [-0.15, -0.1) is 0 Å². The summed E-state index contributed by atoms with van der Waals surface area (Å²) in [7, 11) is 1.80. The summed E-state index contributed by atoms with van der Waals surface area (Å²) < 4.78 is 0. The molecular formula is C16H19NO2. The molecule has 0 bridgehead atoms. The lowest BCUT2D eigenvalue weighted by Crippen LogP contribution is -2.28. The van der Waals surface area contributed by atoms with Crippen LogP contribution >= 0.6 is 0 Å². The summed E-state index contributed by atoms with van der Waals surface area (Å²) in [5.74, 6) is -1.25. The molecule has 2 rings (SSSR count). The molecule has 0 amide bonds. The van der Waals surface area contributed by atoms with Gasteiger partial charge in [0.05, 0.1) is 5.92 Å². The Morgan fingerprint density at radius 2 is 1.79 bits per heavy atom. The van der Waals surface area contributed by atoms with Gasteiger partial charge in [0.1, 0.15) is 0 Å². The minimum absolute atomic E-state index is 0.178. The van der Waals surface area contributed by atoms with Gasteiger partial charge in [-0.05, 0) is 36.4 Å². The first-order valence-electron chi connectivity index (χ1n) is 6.43. The Balaban J connectivity index is 2.44. The van der Waals surface area contributed by atoms with E-state index >= 15 is 0 Å². The van der Waals surface area contributed by atoms with Crippen LogP contribution in [0.1, 0.15) is 24.1 Å². The molecule has 3 nitrogen and oxygen atoms in total. The van der Waals surface area contributed by atoms with E-state index in [2.05, 4.69) is 42.6 Å². The predicted octanol–water partition coefficient (Wildman–Crippen LogP) is 3.13. The lowest BCUT2D eigenvalue weighted by atomic mass is 9.92. The van der Waals surface area contributed by atoms with Gasteiger partial charge < -0.3 is 10.4 Å². The molecule has 19 heavy (non-hydrogen) atoms. The topological polar surface area (TPSA) is 49.3 Å². The molecule has 2 atom stereocenters. The number of carboxylic acids is 1. The maximum atomic E-state index is 11.1. The van der Waals surface area contributed by atoms with Crippen LogP contribution in [0.3, 0.4) is 0 Å². The predicted molar refractivity (Wildman–Crippen MR) is 77.3 cm³/mol. The zero-order valence-corrected chi connectivity index (χ0v) is 11.5. The van der Waals surface area contributed by atoms with Gasteiger partial charge in [0.25, 0.3) is 0 Å². The van der Waals surface area contributed by atoms with Crippen LogP contribution in [0, 0.1) is 12.8 Å². The van der Waals surface area contributed by atoms with Crippen molar-refractivity contribution in [1.29, 1.82) is 0 Å². The highest BCUT2D eigenvalue weighted by molar-refractivity contribution is 5.84. The molecule has 0 aliphatic heterocycles. The van der Waals surface area contributed by atoms with Crippen LogP contribution in [0.25, 0.3) is 10.8 Å². The van der Waals surface area contributed by atoms with Gasteiger partial charge in [-0.25, -0.2) is 0 Å². The second-order valence-electron chi connectivity index (χ2n) is 5.00. The lowest BCUT2D eigenvalue weighted by molar-refractivity contribution is -0.142. The maximum Gasteiger partial charge on any atom is 0.308 e. The zero-order chi connectivity index (χ0) is 14.0. The molecule has 0 radical (unpaired) electrons. The summed E-state index contributed by atoms with van der Waals surface area (Å²) in [5, 5.41) is 14.6. The van der Waals surface area contributed by atoms with Crippen LogP contribution in [0.5, 0.6) is 0 Å². The molecule has 3 heteroatoms. The maximum absolute atomic E-state index is 11.1. The van der Waals surface area contributed by atoms with Crippen LogP contribution in [0.2, 0.25) is 0 Å². The summed E-state index contributed by atoms with van der Waals surface area (Å²) >= 11 is 0. The van der Waals surface area contributed by atoms with Crippen molar-refractivity contribution in [3.05, 3.63) is 47.5 Å². The number of fused-ring (bicyclic) bond motifs is 1. The number of benzene rings is 2.